The van der Waals surface area contributed by atoms with Gasteiger partial charge >= 0.3 is 0 Å². The van der Waals surface area contributed by atoms with Crippen LogP contribution in [-0.2, 0) is 4.79 Å². The first-order valence-electron chi connectivity index (χ1n) is 4.53. The van der Waals surface area contributed by atoms with Gasteiger partial charge in [0.2, 0.25) is 0 Å². The molecule has 1 aromatic rings. The van der Waals surface area contributed by atoms with Crippen molar-refractivity contribution >= 4 is 11.9 Å². The van der Waals surface area contributed by atoms with E-state index in [1.54, 1.807) is 13.0 Å². The molecule has 0 amide bonds. The van der Waals surface area contributed by atoms with Crippen LogP contribution in [0.15, 0.2) is 36.4 Å². The van der Waals surface area contributed by atoms with Crippen molar-refractivity contribution in [3.63, 3.8) is 0 Å². The monoisotopic (exact) mass is 176 g/mol. The molecule has 0 fully saturated rings. The Morgan fingerprint density at radius 3 is 2.15 bits per heavy atom. The molecule has 13 heavy (non-hydrogen) atoms. The van der Waals surface area contributed by atoms with E-state index >= 15 is 0 Å². The third-order valence-corrected chi connectivity index (χ3v) is 1.31. The van der Waals surface area contributed by atoms with Gasteiger partial charge in [-0.05, 0) is 18.6 Å². The van der Waals surface area contributed by atoms with E-state index in [1.165, 1.54) is 0 Å². The van der Waals surface area contributed by atoms with Gasteiger partial charge in [0.25, 0.3) is 0 Å². The molecule has 0 N–H and O–H groups in total. The van der Waals surface area contributed by atoms with Gasteiger partial charge in [0.05, 0.1) is 0 Å². The minimum atomic E-state index is 0.0776. The first-order valence-corrected chi connectivity index (χ1v) is 4.53. The van der Waals surface area contributed by atoms with Crippen LogP contribution < -0.4 is 0 Å². The first kappa shape index (κ1) is 11.6. The largest absolute Gasteiger partial charge is 0.295 e. The highest BCUT2D eigenvalue weighted by molar-refractivity contribution is 5.91. The van der Waals surface area contributed by atoms with Crippen LogP contribution in [0.4, 0.5) is 0 Å². The van der Waals surface area contributed by atoms with E-state index in [2.05, 4.69) is 0 Å². The summed E-state index contributed by atoms with van der Waals surface area (Å²) in [6.07, 6.45) is 3.37. The van der Waals surface area contributed by atoms with Crippen LogP contribution >= 0.6 is 0 Å². The van der Waals surface area contributed by atoms with E-state index in [9.17, 15) is 4.79 Å². The van der Waals surface area contributed by atoms with Gasteiger partial charge < -0.3 is 0 Å². The number of hydrogen-bond donors (Lipinski definition) is 0. The Hall–Kier alpha value is -1.37. The summed E-state index contributed by atoms with van der Waals surface area (Å²) in [6, 6.07) is 9.75. The minimum Gasteiger partial charge on any atom is -0.295 e. The highest BCUT2D eigenvalue weighted by Crippen LogP contribution is 2.00. The molecule has 0 atom stereocenters. The van der Waals surface area contributed by atoms with Crippen LogP contribution in [0.5, 0.6) is 0 Å². The molecule has 1 heteroatoms. The van der Waals surface area contributed by atoms with Crippen molar-refractivity contribution in [3.05, 3.63) is 42.0 Å². The molecule has 0 saturated heterocycles. The Bertz CT molecular complexity index is 260. The number of rotatable bonds is 2. The minimum absolute atomic E-state index is 0.0776. The number of benzene rings is 1. The predicted octanol–water partition coefficient (Wildman–Crippen LogP) is 3.32. The maximum atomic E-state index is 10.5. The van der Waals surface area contributed by atoms with Crippen molar-refractivity contribution in [1.82, 2.24) is 0 Å². The Morgan fingerprint density at radius 1 is 1.15 bits per heavy atom. The molecule has 0 aliphatic heterocycles. The predicted molar refractivity (Wildman–Crippen MR) is 57.5 cm³/mol. The number of carbonyl (C=O) groups is 1. The number of hydrogen-bond acceptors (Lipinski definition) is 1. The standard InChI is InChI=1S/C10H10O.C2H6/c1-9(11)7-8-10-5-3-2-4-6-10;1-2/h2-8H,1H3;1-2H3/b8-7+;. The van der Waals surface area contributed by atoms with E-state index < -0.39 is 0 Å². The normalized spacial score (nSPS) is 9.15. The van der Waals surface area contributed by atoms with Crippen LogP contribution in [0.1, 0.15) is 26.3 Å². The Morgan fingerprint density at radius 2 is 1.69 bits per heavy atom. The van der Waals surface area contributed by atoms with E-state index in [0.29, 0.717) is 0 Å². The third kappa shape index (κ3) is 5.85. The van der Waals surface area contributed by atoms with Crippen molar-refractivity contribution < 1.29 is 4.79 Å². The molecule has 0 aromatic heterocycles. The summed E-state index contributed by atoms with van der Waals surface area (Å²) in [5.41, 5.74) is 1.06. The molecule has 0 heterocycles. The SMILES string of the molecule is CC.CC(=O)/C=C/c1ccccc1. The fourth-order valence-electron chi connectivity index (χ4n) is 0.778. The molecule has 1 aromatic carbocycles. The van der Waals surface area contributed by atoms with Crippen molar-refractivity contribution in [1.29, 1.82) is 0 Å². The third-order valence-electron chi connectivity index (χ3n) is 1.31. The molecule has 0 saturated carbocycles. The molecule has 0 aliphatic rings. The summed E-state index contributed by atoms with van der Waals surface area (Å²) < 4.78 is 0. The smallest absolute Gasteiger partial charge is 0.152 e. The zero-order valence-electron chi connectivity index (χ0n) is 8.45. The summed E-state index contributed by atoms with van der Waals surface area (Å²) in [5, 5.41) is 0. The van der Waals surface area contributed by atoms with Gasteiger partial charge in [0, 0.05) is 0 Å². The van der Waals surface area contributed by atoms with E-state index in [0.717, 1.165) is 5.56 Å². The highest BCUT2D eigenvalue weighted by Gasteiger charge is 1.83. The fourth-order valence-corrected chi connectivity index (χ4v) is 0.778. The zero-order chi connectivity index (χ0) is 10.1. The number of ketones is 1. The van der Waals surface area contributed by atoms with E-state index in [-0.39, 0.29) is 5.78 Å². The maximum absolute atomic E-state index is 10.5. The summed E-state index contributed by atoms with van der Waals surface area (Å²) in [4.78, 5) is 10.5. The lowest BCUT2D eigenvalue weighted by Crippen LogP contribution is -1.79. The van der Waals surface area contributed by atoms with Crippen molar-refractivity contribution in [2.24, 2.45) is 0 Å². The van der Waals surface area contributed by atoms with Crippen LogP contribution in [-0.4, -0.2) is 5.78 Å². The van der Waals surface area contributed by atoms with E-state index in [1.807, 2.05) is 50.3 Å². The Labute approximate surface area is 80.1 Å². The molecule has 0 spiro atoms. The number of allylic oxidation sites excluding steroid dienone is 1. The van der Waals surface area contributed by atoms with E-state index in [4.69, 9.17) is 0 Å². The molecule has 0 radical (unpaired) electrons. The van der Waals surface area contributed by atoms with Crippen LogP contribution in [0.3, 0.4) is 0 Å². The number of carbonyl (C=O) groups excluding carboxylic acids is 1. The molecule has 1 nitrogen and oxygen atoms in total. The van der Waals surface area contributed by atoms with Crippen LogP contribution in [0.2, 0.25) is 0 Å². The molecule has 1 rings (SSSR count). The second-order valence-corrected chi connectivity index (χ2v) is 2.35. The van der Waals surface area contributed by atoms with Crippen molar-refractivity contribution in [2.75, 3.05) is 0 Å². The first-order chi connectivity index (χ1) is 6.29. The van der Waals surface area contributed by atoms with Crippen molar-refractivity contribution in [2.45, 2.75) is 20.8 Å². The molecular formula is C12H16O. The molecule has 0 unspecified atom stereocenters. The molecule has 0 bridgehead atoms. The van der Waals surface area contributed by atoms with Gasteiger partial charge in [-0.1, -0.05) is 50.3 Å². The zero-order valence-corrected chi connectivity index (χ0v) is 8.45. The molecule has 0 aliphatic carbocycles. The summed E-state index contributed by atoms with van der Waals surface area (Å²) in [5.74, 6) is 0.0776. The fraction of sp³-hybridized carbons (Fsp3) is 0.250. The molecule has 70 valence electrons. The van der Waals surface area contributed by atoms with Gasteiger partial charge in [-0.2, -0.15) is 0 Å². The lowest BCUT2D eigenvalue weighted by atomic mass is 10.2. The molecular weight excluding hydrogens is 160 g/mol. The van der Waals surface area contributed by atoms with Gasteiger partial charge in [0.15, 0.2) is 5.78 Å². The van der Waals surface area contributed by atoms with Crippen LogP contribution in [0.25, 0.3) is 6.08 Å². The van der Waals surface area contributed by atoms with Gasteiger partial charge in [-0.15, -0.1) is 0 Å². The second kappa shape index (κ2) is 7.29. The lowest BCUT2D eigenvalue weighted by Gasteiger charge is -1.88. The van der Waals surface area contributed by atoms with Crippen molar-refractivity contribution in [3.8, 4) is 0 Å². The average molecular weight is 176 g/mol. The maximum Gasteiger partial charge on any atom is 0.152 e. The Balaban J connectivity index is 0.000000671. The quantitative estimate of drug-likeness (QED) is 0.632. The van der Waals surface area contributed by atoms with Gasteiger partial charge in [-0.25, -0.2) is 0 Å². The summed E-state index contributed by atoms with van der Waals surface area (Å²) in [7, 11) is 0. The lowest BCUT2D eigenvalue weighted by molar-refractivity contribution is -0.112. The Kier molecular flexibility index (Phi) is 6.52. The summed E-state index contributed by atoms with van der Waals surface area (Å²) >= 11 is 0. The average Bonchev–Trinajstić information content (AvgIpc) is 2.19. The van der Waals surface area contributed by atoms with Crippen LogP contribution in [0, 0.1) is 0 Å². The summed E-state index contributed by atoms with van der Waals surface area (Å²) in [6.45, 7) is 5.54. The highest BCUT2D eigenvalue weighted by atomic mass is 16.1. The topological polar surface area (TPSA) is 17.1 Å². The van der Waals surface area contributed by atoms with Gasteiger partial charge in [-0.3, -0.25) is 4.79 Å². The van der Waals surface area contributed by atoms with Gasteiger partial charge in [0.1, 0.15) is 0 Å². The second-order valence-electron chi connectivity index (χ2n) is 2.35.